The molecule has 0 aliphatic carbocycles. The highest BCUT2D eigenvalue weighted by Gasteiger charge is 2.51. The van der Waals surface area contributed by atoms with Gasteiger partial charge in [-0.3, -0.25) is 9.59 Å². The summed E-state index contributed by atoms with van der Waals surface area (Å²) in [6.07, 6.45) is 1.59. The first-order valence-corrected chi connectivity index (χ1v) is 9.70. The molecule has 8 heteroatoms. The van der Waals surface area contributed by atoms with E-state index in [0.29, 0.717) is 16.5 Å². The van der Waals surface area contributed by atoms with Crippen molar-refractivity contribution in [1.82, 2.24) is 4.57 Å². The van der Waals surface area contributed by atoms with Gasteiger partial charge in [-0.05, 0) is 60.0 Å². The lowest BCUT2D eigenvalue weighted by Gasteiger charge is -2.32. The quantitative estimate of drug-likeness (QED) is 0.629. The van der Waals surface area contributed by atoms with Gasteiger partial charge in [0.1, 0.15) is 12.1 Å². The van der Waals surface area contributed by atoms with Crippen LogP contribution in [0.3, 0.4) is 0 Å². The van der Waals surface area contributed by atoms with Gasteiger partial charge in [-0.15, -0.1) is 0 Å². The molecule has 2 aromatic rings. The molecule has 1 amide bonds. The number of carbonyl (C=O) groups is 2. The summed E-state index contributed by atoms with van der Waals surface area (Å²) in [7, 11) is -0.556. The summed E-state index contributed by atoms with van der Waals surface area (Å²) in [5.41, 5.74) is 5.89. The van der Waals surface area contributed by atoms with Gasteiger partial charge in [0.15, 0.2) is 0 Å². The van der Waals surface area contributed by atoms with Crippen molar-refractivity contribution in [2.24, 2.45) is 5.73 Å². The Hall–Kier alpha value is -2.32. The minimum absolute atomic E-state index is 0.0170. The second kappa shape index (κ2) is 6.88. The number of hydrogen-bond acceptors (Lipinski definition) is 5. The van der Waals surface area contributed by atoms with E-state index in [0.717, 1.165) is 5.46 Å². The number of primary amides is 1. The Balaban J connectivity index is 1.98. The van der Waals surface area contributed by atoms with Crippen LogP contribution in [0.1, 0.15) is 58.8 Å². The molecule has 2 heterocycles. The van der Waals surface area contributed by atoms with E-state index in [-0.39, 0.29) is 12.5 Å². The van der Waals surface area contributed by atoms with Crippen LogP contribution in [0.5, 0.6) is 0 Å². The molecule has 2 N–H and O–H groups in total. The Morgan fingerprint density at radius 3 is 2.24 bits per heavy atom. The number of rotatable bonds is 4. The lowest BCUT2D eigenvalue weighted by molar-refractivity contribution is -0.155. The normalized spacial score (nSPS) is 18.2. The number of hydrogen-bond donors (Lipinski definition) is 1. The third-order valence-electron chi connectivity index (χ3n) is 5.42. The molecule has 0 spiro atoms. The van der Waals surface area contributed by atoms with Crippen molar-refractivity contribution in [3.63, 3.8) is 0 Å². The van der Waals surface area contributed by atoms with Crippen LogP contribution in [0.15, 0.2) is 24.4 Å². The molecular formula is C21H29BN2O5. The molecule has 1 aromatic heterocycles. The van der Waals surface area contributed by atoms with Gasteiger partial charge in [0, 0.05) is 17.1 Å². The molecule has 1 aliphatic rings. The zero-order chi connectivity index (χ0) is 21.8. The highest BCUT2D eigenvalue weighted by molar-refractivity contribution is 6.62. The fourth-order valence-electron chi connectivity index (χ4n) is 3.28. The van der Waals surface area contributed by atoms with Crippen LogP contribution in [0, 0.1) is 0 Å². The molecule has 156 valence electrons. The Morgan fingerprint density at radius 1 is 1.14 bits per heavy atom. The summed E-state index contributed by atoms with van der Waals surface area (Å²) in [6, 6.07) is 5.55. The number of nitrogens with two attached hydrogens (primary N) is 1. The monoisotopic (exact) mass is 400 g/mol. The summed E-state index contributed by atoms with van der Waals surface area (Å²) < 4.78 is 19.3. The van der Waals surface area contributed by atoms with Crippen LogP contribution in [-0.2, 0) is 25.4 Å². The van der Waals surface area contributed by atoms with E-state index < -0.39 is 29.8 Å². The molecule has 3 rings (SSSR count). The summed E-state index contributed by atoms with van der Waals surface area (Å²) in [5.74, 6) is -0.954. The molecule has 1 saturated heterocycles. The van der Waals surface area contributed by atoms with E-state index in [9.17, 15) is 9.59 Å². The van der Waals surface area contributed by atoms with Crippen LogP contribution < -0.4 is 11.2 Å². The maximum atomic E-state index is 12.3. The minimum Gasteiger partial charge on any atom is -0.459 e. The maximum Gasteiger partial charge on any atom is 0.494 e. The molecule has 0 atom stereocenters. The Morgan fingerprint density at radius 2 is 1.72 bits per heavy atom. The average molecular weight is 400 g/mol. The van der Waals surface area contributed by atoms with Gasteiger partial charge < -0.3 is 24.3 Å². The highest BCUT2D eigenvalue weighted by atomic mass is 16.7. The summed E-state index contributed by atoms with van der Waals surface area (Å²) >= 11 is 0. The zero-order valence-corrected chi connectivity index (χ0v) is 18.2. The summed E-state index contributed by atoms with van der Waals surface area (Å²) in [5, 5.41) is 0.647. The lowest BCUT2D eigenvalue weighted by atomic mass is 9.78. The second-order valence-electron chi connectivity index (χ2n) is 9.49. The Bertz CT molecular complexity index is 955. The summed E-state index contributed by atoms with van der Waals surface area (Å²) in [4.78, 5) is 24.3. The minimum atomic E-state index is -0.587. The number of ether oxygens (including phenoxy) is 1. The first-order valence-electron chi connectivity index (χ1n) is 9.70. The molecule has 0 bridgehead atoms. The Labute approximate surface area is 171 Å². The molecule has 0 unspecified atom stereocenters. The molecular weight excluding hydrogens is 371 g/mol. The first-order chi connectivity index (χ1) is 13.2. The third kappa shape index (κ3) is 4.18. The molecule has 1 aromatic carbocycles. The van der Waals surface area contributed by atoms with Crippen molar-refractivity contribution in [2.45, 2.75) is 71.8 Å². The predicted octanol–water partition coefficient (Wildman–Crippen LogP) is 2.38. The number of esters is 1. The van der Waals surface area contributed by atoms with Gasteiger partial charge in [-0.1, -0.05) is 12.1 Å². The van der Waals surface area contributed by atoms with E-state index in [1.807, 2.05) is 66.7 Å². The highest BCUT2D eigenvalue weighted by Crippen LogP contribution is 2.36. The van der Waals surface area contributed by atoms with Crippen molar-refractivity contribution < 1.29 is 23.6 Å². The number of aromatic nitrogens is 1. The van der Waals surface area contributed by atoms with E-state index >= 15 is 0 Å². The largest absolute Gasteiger partial charge is 0.494 e. The SMILES string of the molecule is CC(C)(C)OC(=O)Cn1cc(C(N)=O)c2cc(B3OC(C)(C)C(C)(C)O3)ccc21. The van der Waals surface area contributed by atoms with Gasteiger partial charge in [-0.2, -0.15) is 0 Å². The van der Waals surface area contributed by atoms with Crippen molar-refractivity contribution in [2.75, 3.05) is 0 Å². The number of nitrogens with zero attached hydrogens (tertiary/aromatic N) is 1. The molecule has 1 aliphatic heterocycles. The van der Waals surface area contributed by atoms with Crippen LogP contribution in [0.4, 0.5) is 0 Å². The maximum absolute atomic E-state index is 12.3. The molecule has 0 saturated carbocycles. The van der Waals surface area contributed by atoms with Gasteiger partial charge >= 0.3 is 13.1 Å². The lowest BCUT2D eigenvalue weighted by Crippen LogP contribution is -2.41. The van der Waals surface area contributed by atoms with E-state index in [1.54, 1.807) is 10.8 Å². The van der Waals surface area contributed by atoms with Crippen molar-refractivity contribution in [3.8, 4) is 0 Å². The number of benzene rings is 1. The van der Waals surface area contributed by atoms with E-state index in [1.165, 1.54) is 0 Å². The molecule has 29 heavy (non-hydrogen) atoms. The van der Waals surface area contributed by atoms with Crippen LogP contribution in [0.25, 0.3) is 10.9 Å². The fourth-order valence-corrected chi connectivity index (χ4v) is 3.28. The standard InChI is InChI=1S/C21H29BN2O5/c1-19(2,3)27-17(25)12-24-11-15(18(23)26)14-10-13(8-9-16(14)24)22-28-20(4,5)21(6,7)29-22/h8-11H,12H2,1-7H3,(H2,23,26). The van der Waals surface area contributed by atoms with Crippen LogP contribution in [0.2, 0.25) is 0 Å². The van der Waals surface area contributed by atoms with Crippen molar-refractivity contribution >= 4 is 35.4 Å². The van der Waals surface area contributed by atoms with Gasteiger partial charge in [0.25, 0.3) is 5.91 Å². The Kier molecular flexibility index (Phi) is 5.08. The molecule has 0 radical (unpaired) electrons. The second-order valence-corrected chi connectivity index (χ2v) is 9.49. The molecule has 1 fully saturated rings. The van der Waals surface area contributed by atoms with Crippen LogP contribution in [-0.4, -0.2) is 40.4 Å². The summed E-state index contributed by atoms with van der Waals surface area (Å²) in [6.45, 7) is 13.3. The van der Waals surface area contributed by atoms with Gasteiger partial charge in [-0.25, -0.2) is 0 Å². The van der Waals surface area contributed by atoms with E-state index in [4.69, 9.17) is 19.8 Å². The molecule has 7 nitrogen and oxygen atoms in total. The van der Waals surface area contributed by atoms with Gasteiger partial charge in [0.05, 0.1) is 16.8 Å². The van der Waals surface area contributed by atoms with E-state index in [2.05, 4.69) is 0 Å². The number of fused-ring (bicyclic) bond motifs is 1. The first kappa shape index (κ1) is 21.4. The average Bonchev–Trinajstić information content (AvgIpc) is 3.00. The number of amides is 1. The third-order valence-corrected chi connectivity index (χ3v) is 5.42. The smallest absolute Gasteiger partial charge is 0.459 e. The zero-order valence-electron chi connectivity index (χ0n) is 18.2. The topological polar surface area (TPSA) is 92.8 Å². The predicted molar refractivity (Wildman–Crippen MR) is 112 cm³/mol. The van der Waals surface area contributed by atoms with Gasteiger partial charge in [0.2, 0.25) is 0 Å². The van der Waals surface area contributed by atoms with Crippen LogP contribution >= 0.6 is 0 Å². The van der Waals surface area contributed by atoms with Crippen molar-refractivity contribution in [3.05, 3.63) is 30.0 Å². The van der Waals surface area contributed by atoms with Crippen molar-refractivity contribution in [1.29, 1.82) is 0 Å². The number of carbonyl (C=O) groups excluding carboxylic acids is 2. The fraction of sp³-hybridized carbons (Fsp3) is 0.524.